The van der Waals surface area contributed by atoms with Gasteiger partial charge in [-0.05, 0) is 40.5 Å². The summed E-state index contributed by atoms with van der Waals surface area (Å²) in [6.07, 6.45) is 3.46. The molecule has 0 aliphatic carbocycles. The van der Waals surface area contributed by atoms with Crippen LogP contribution in [0, 0.1) is 24.0 Å². The van der Waals surface area contributed by atoms with Crippen LogP contribution >= 0.6 is 0 Å². The van der Waals surface area contributed by atoms with Crippen molar-refractivity contribution >= 4 is 5.69 Å². The van der Waals surface area contributed by atoms with Gasteiger partial charge in [-0.1, -0.05) is 0 Å². The van der Waals surface area contributed by atoms with E-state index in [9.17, 15) is 10.1 Å². The Kier molecular flexibility index (Phi) is 4.58. The van der Waals surface area contributed by atoms with E-state index < -0.39 is 0 Å². The van der Waals surface area contributed by atoms with Gasteiger partial charge in [0.1, 0.15) is 0 Å². The number of hydrogen-bond acceptors (Lipinski definition) is 5. The van der Waals surface area contributed by atoms with Crippen LogP contribution in [0.15, 0.2) is 6.20 Å². The Bertz CT molecular complexity index is 543. The lowest BCUT2D eigenvalue weighted by molar-refractivity contribution is -0.386. The summed E-state index contributed by atoms with van der Waals surface area (Å²) in [6.45, 7) is 8.94. The summed E-state index contributed by atoms with van der Waals surface area (Å²) in [4.78, 5) is 15.1. The monoisotopic (exact) mass is 293 g/mol. The molecule has 1 fully saturated rings. The predicted octanol–water partition coefficient (Wildman–Crippen LogP) is 2.65. The van der Waals surface area contributed by atoms with Crippen molar-refractivity contribution in [3.8, 4) is 0 Å². The maximum Gasteiger partial charge on any atom is 0.278 e. The van der Waals surface area contributed by atoms with E-state index in [0.717, 1.165) is 25.1 Å². The highest BCUT2D eigenvalue weighted by molar-refractivity contribution is 5.47. The molecule has 0 radical (unpaired) electrons. The lowest BCUT2D eigenvalue weighted by Gasteiger charge is -2.36. The number of nitrogens with zero attached hydrogens (tertiary/aromatic N) is 2. The van der Waals surface area contributed by atoms with Gasteiger partial charge in [0.25, 0.3) is 5.69 Å². The summed E-state index contributed by atoms with van der Waals surface area (Å²) >= 11 is 0. The van der Waals surface area contributed by atoms with Crippen LogP contribution in [0.2, 0.25) is 0 Å². The van der Waals surface area contributed by atoms with E-state index in [-0.39, 0.29) is 16.2 Å². The average Bonchev–Trinajstić information content (AvgIpc) is 2.36. The smallest absolute Gasteiger partial charge is 0.278 e. The van der Waals surface area contributed by atoms with E-state index in [0.29, 0.717) is 23.7 Å². The van der Waals surface area contributed by atoms with Crippen molar-refractivity contribution in [3.05, 3.63) is 33.1 Å². The number of pyridine rings is 1. The summed E-state index contributed by atoms with van der Waals surface area (Å²) in [6, 6.07) is 0.357. The van der Waals surface area contributed by atoms with Gasteiger partial charge in [-0.2, -0.15) is 0 Å². The summed E-state index contributed by atoms with van der Waals surface area (Å²) in [5, 5.41) is 14.6. The maximum absolute atomic E-state index is 11.1. The molecule has 0 saturated carbocycles. The Morgan fingerprint density at radius 2 is 2.24 bits per heavy atom. The highest BCUT2D eigenvalue weighted by Gasteiger charge is 2.28. The van der Waals surface area contributed by atoms with E-state index in [1.54, 1.807) is 20.0 Å². The minimum Gasteiger partial charge on any atom is -0.375 e. The maximum atomic E-state index is 11.1. The van der Waals surface area contributed by atoms with Gasteiger partial charge in [0.05, 0.1) is 16.2 Å². The van der Waals surface area contributed by atoms with Crippen LogP contribution in [-0.4, -0.2) is 28.2 Å². The zero-order valence-electron chi connectivity index (χ0n) is 13.1. The van der Waals surface area contributed by atoms with E-state index in [2.05, 4.69) is 24.1 Å². The van der Waals surface area contributed by atoms with Crippen molar-refractivity contribution in [1.82, 2.24) is 10.3 Å². The molecular formula is C15H23N3O3. The molecule has 0 aromatic carbocycles. The molecule has 6 nitrogen and oxygen atoms in total. The number of aromatic nitrogens is 1. The Morgan fingerprint density at radius 1 is 1.52 bits per heavy atom. The lowest BCUT2D eigenvalue weighted by atomic mass is 9.94. The third-order valence-corrected chi connectivity index (χ3v) is 4.01. The van der Waals surface area contributed by atoms with Gasteiger partial charge in [0.15, 0.2) is 0 Å². The third-order valence-electron chi connectivity index (χ3n) is 4.01. The molecule has 1 N–H and O–H groups in total. The van der Waals surface area contributed by atoms with Crippen LogP contribution in [0.3, 0.4) is 0 Å². The van der Waals surface area contributed by atoms with E-state index in [1.807, 2.05) is 0 Å². The Morgan fingerprint density at radius 3 is 2.86 bits per heavy atom. The molecule has 1 aliphatic rings. The van der Waals surface area contributed by atoms with Crippen LogP contribution in [0.25, 0.3) is 0 Å². The number of ether oxygens (including phenoxy) is 1. The van der Waals surface area contributed by atoms with Gasteiger partial charge >= 0.3 is 0 Å². The first-order valence-electron chi connectivity index (χ1n) is 7.27. The molecule has 1 atom stereocenters. The van der Waals surface area contributed by atoms with Crippen molar-refractivity contribution in [2.45, 2.75) is 58.7 Å². The van der Waals surface area contributed by atoms with Crippen molar-refractivity contribution in [3.63, 3.8) is 0 Å². The topological polar surface area (TPSA) is 77.3 Å². The molecule has 0 bridgehead atoms. The fourth-order valence-electron chi connectivity index (χ4n) is 2.87. The van der Waals surface area contributed by atoms with E-state index >= 15 is 0 Å². The van der Waals surface area contributed by atoms with Crippen molar-refractivity contribution in [2.24, 2.45) is 0 Å². The summed E-state index contributed by atoms with van der Waals surface area (Å²) in [5.41, 5.74) is 2.07. The summed E-state index contributed by atoms with van der Waals surface area (Å²) in [7, 11) is 0. The second kappa shape index (κ2) is 6.07. The summed E-state index contributed by atoms with van der Waals surface area (Å²) in [5.74, 6) is 0. The molecular weight excluding hydrogens is 270 g/mol. The first-order valence-corrected chi connectivity index (χ1v) is 7.27. The summed E-state index contributed by atoms with van der Waals surface area (Å²) < 4.78 is 5.69. The number of hydrogen-bond donors (Lipinski definition) is 1. The molecule has 1 aromatic heterocycles. The predicted molar refractivity (Wildman–Crippen MR) is 80.3 cm³/mol. The largest absolute Gasteiger partial charge is 0.375 e. The van der Waals surface area contributed by atoms with Gasteiger partial charge in [0.2, 0.25) is 0 Å². The molecule has 2 heterocycles. The second-order valence-electron chi connectivity index (χ2n) is 6.30. The standard InChI is InChI=1S/C15H23N3O3/c1-10-8-17-13(11(2)14(10)18(19)20)9-16-12-5-6-21-15(3,4)7-12/h8,12,16H,5-7,9H2,1-4H3. The number of nitrogens with one attached hydrogen (secondary N) is 1. The molecule has 116 valence electrons. The van der Waals surface area contributed by atoms with Crippen LogP contribution in [0.1, 0.15) is 43.5 Å². The highest BCUT2D eigenvalue weighted by atomic mass is 16.6. The molecule has 21 heavy (non-hydrogen) atoms. The quantitative estimate of drug-likeness (QED) is 0.682. The van der Waals surface area contributed by atoms with Gasteiger partial charge in [-0.15, -0.1) is 0 Å². The Labute approximate surface area is 125 Å². The van der Waals surface area contributed by atoms with Crippen molar-refractivity contribution in [1.29, 1.82) is 0 Å². The highest BCUT2D eigenvalue weighted by Crippen LogP contribution is 2.26. The fourth-order valence-corrected chi connectivity index (χ4v) is 2.87. The number of nitro groups is 1. The lowest BCUT2D eigenvalue weighted by Crippen LogP contribution is -2.43. The van der Waals surface area contributed by atoms with Crippen LogP contribution in [0.5, 0.6) is 0 Å². The third kappa shape index (κ3) is 3.77. The first kappa shape index (κ1) is 15.9. The van der Waals surface area contributed by atoms with Crippen LogP contribution in [0.4, 0.5) is 5.69 Å². The first-order chi connectivity index (χ1) is 9.80. The van der Waals surface area contributed by atoms with Gasteiger partial charge in [0, 0.05) is 36.5 Å². The van der Waals surface area contributed by atoms with Gasteiger partial charge < -0.3 is 10.1 Å². The van der Waals surface area contributed by atoms with Gasteiger partial charge in [-0.3, -0.25) is 15.1 Å². The molecule has 1 aliphatic heterocycles. The van der Waals surface area contributed by atoms with Crippen molar-refractivity contribution in [2.75, 3.05) is 6.61 Å². The number of aryl methyl sites for hydroxylation is 1. The Balaban J connectivity index is 2.07. The SMILES string of the molecule is Cc1cnc(CNC2CCOC(C)(C)C2)c(C)c1[N+](=O)[O-]. The Hall–Kier alpha value is -1.53. The average molecular weight is 293 g/mol. The molecule has 0 amide bonds. The zero-order valence-corrected chi connectivity index (χ0v) is 13.1. The molecule has 0 spiro atoms. The molecule has 1 aromatic rings. The van der Waals surface area contributed by atoms with E-state index in [1.165, 1.54) is 0 Å². The minimum absolute atomic E-state index is 0.113. The van der Waals surface area contributed by atoms with Crippen LogP contribution < -0.4 is 5.32 Å². The normalized spacial score (nSPS) is 21.2. The van der Waals surface area contributed by atoms with Gasteiger partial charge in [-0.25, -0.2) is 0 Å². The molecule has 2 rings (SSSR count). The van der Waals surface area contributed by atoms with Crippen LogP contribution in [-0.2, 0) is 11.3 Å². The zero-order chi connectivity index (χ0) is 15.6. The minimum atomic E-state index is -0.326. The fraction of sp³-hybridized carbons (Fsp3) is 0.667. The molecule has 1 saturated heterocycles. The second-order valence-corrected chi connectivity index (χ2v) is 6.30. The number of rotatable bonds is 4. The van der Waals surface area contributed by atoms with E-state index in [4.69, 9.17) is 4.74 Å². The van der Waals surface area contributed by atoms with Crippen molar-refractivity contribution < 1.29 is 9.66 Å². The molecule has 1 unspecified atom stereocenters. The molecule has 6 heteroatoms.